The molecule has 0 aromatic rings. The van der Waals surface area contributed by atoms with Crippen molar-refractivity contribution in [3.8, 4) is 0 Å². The number of rotatable bonds is 5. The van der Waals surface area contributed by atoms with E-state index in [1.807, 2.05) is 6.92 Å². The van der Waals surface area contributed by atoms with Crippen LogP contribution in [0.5, 0.6) is 0 Å². The zero-order valence-corrected chi connectivity index (χ0v) is 11.5. The second-order valence-corrected chi connectivity index (χ2v) is 5.04. The largest absolute Gasteiger partial charge is 0.358 e. The van der Waals surface area contributed by atoms with Crippen molar-refractivity contribution in [3.63, 3.8) is 0 Å². The first kappa shape index (κ1) is 15.0. The van der Waals surface area contributed by atoms with Gasteiger partial charge in [0, 0.05) is 20.1 Å². The van der Waals surface area contributed by atoms with E-state index in [9.17, 15) is 9.59 Å². The van der Waals surface area contributed by atoms with Crippen LogP contribution in [0.2, 0.25) is 0 Å². The maximum Gasteiger partial charge on any atom is 0.239 e. The zero-order chi connectivity index (χ0) is 13.6. The van der Waals surface area contributed by atoms with Crippen molar-refractivity contribution in [2.75, 3.05) is 26.7 Å². The maximum atomic E-state index is 12.6. The van der Waals surface area contributed by atoms with Crippen LogP contribution in [0, 0.1) is 5.41 Å². The molecule has 5 nitrogen and oxygen atoms in total. The van der Waals surface area contributed by atoms with Crippen LogP contribution in [-0.2, 0) is 9.59 Å². The fourth-order valence-corrected chi connectivity index (χ4v) is 2.65. The highest BCUT2D eigenvalue weighted by Crippen LogP contribution is 2.37. The van der Waals surface area contributed by atoms with E-state index in [4.69, 9.17) is 5.73 Å². The molecule has 104 valence electrons. The van der Waals surface area contributed by atoms with Crippen LogP contribution in [0.3, 0.4) is 0 Å². The molecule has 1 saturated carbocycles. The van der Waals surface area contributed by atoms with Crippen LogP contribution in [0.25, 0.3) is 0 Å². The molecule has 5 heteroatoms. The van der Waals surface area contributed by atoms with Crippen molar-refractivity contribution in [2.45, 2.75) is 39.0 Å². The topological polar surface area (TPSA) is 75.4 Å². The number of carbonyl (C=O) groups is 2. The second-order valence-electron chi connectivity index (χ2n) is 5.04. The number of amides is 2. The van der Waals surface area contributed by atoms with Crippen molar-refractivity contribution < 1.29 is 9.59 Å². The van der Waals surface area contributed by atoms with Gasteiger partial charge in [-0.05, 0) is 19.8 Å². The van der Waals surface area contributed by atoms with Gasteiger partial charge < -0.3 is 16.0 Å². The standard InChI is InChI=1S/C13H25N3O2/c1-3-16(9-11(17)15-2)12(18)13(10-14)7-5-4-6-8-13/h3-10,14H2,1-2H3,(H,15,17). The van der Waals surface area contributed by atoms with E-state index in [1.54, 1.807) is 11.9 Å². The summed E-state index contributed by atoms with van der Waals surface area (Å²) >= 11 is 0. The molecule has 0 aliphatic heterocycles. The molecule has 0 spiro atoms. The molecule has 1 aliphatic carbocycles. The Hall–Kier alpha value is -1.10. The van der Waals surface area contributed by atoms with Crippen LogP contribution in [0.15, 0.2) is 0 Å². The molecule has 0 heterocycles. The van der Waals surface area contributed by atoms with E-state index < -0.39 is 5.41 Å². The SMILES string of the molecule is CCN(CC(=O)NC)C(=O)C1(CN)CCCCC1. The second kappa shape index (κ2) is 6.73. The zero-order valence-electron chi connectivity index (χ0n) is 11.5. The molecule has 1 aliphatic rings. The van der Waals surface area contributed by atoms with Gasteiger partial charge >= 0.3 is 0 Å². The molecule has 2 amide bonds. The Morgan fingerprint density at radius 1 is 1.28 bits per heavy atom. The first-order valence-corrected chi connectivity index (χ1v) is 6.79. The Labute approximate surface area is 109 Å². The fraction of sp³-hybridized carbons (Fsp3) is 0.846. The smallest absolute Gasteiger partial charge is 0.239 e. The first-order valence-electron chi connectivity index (χ1n) is 6.79. The van der Waals surface area contributed by atoms with Gasteiger partial charge in [0.25, 0.3) is 0 Å². The van der Waals surface area contributed by atoms with Gasteiger partial charge in [-0.3, -0.25) is 9.59 Å². The van der Waals surface area contributed by atoms with Crippen LogP contribution in [0.1, 0.15) is 39.0 Å². The summed E-state index contributed by atoms with van der Waals surface area (Å²) in [6.45, 7) is 2.96. The number of nitrogens with two attached hydrogens (primary N) is 1. The molecule has 3 N–H and O–H groups in total. The predicted octanol–water partition coefficient (Wildman–Crippen LogP) is 0.490. The Kier molecular flexibility index (Phi) is 5.59. The lowest BCUT2D eigenvalue weighted by atomic mass is 9.73. The van der Waals surface area contributed by atoms with Crippen LogP contribution >= 0.6 is 0 Å². The quantitative estimate of drug-likeness (QED) is 0.750. The van der Waals surface area contributed by atoms with Crippen molar-refractivity contribution in [2.24, 2.45) is 11.1 Å². The van der Waals surface area contributed by atoms with Gasteiger partial charge in [0.1, 0.15) is 0 Å². The van der Waals surface area contributed by atoms with Crippen LogP contribution in [0.4, 0.5) is 0 Å². The molecular formula is C13H25N3O2. The van der Waals surface area contributed by atoms with Gasteiger partial charge in [-0.1, -0.05) is 19.3 Å². The third kappa shape index (κ3) is 3.22. The van der Waals surface area contributed by atoms with E-state index in [-0.39, 0.29) is 18.4 Å². The monoisotopic (exact) mass is 255 g/mol. The molecule has 0 aromatic carbocycles. The molecule has 0 bridgehead atoms. The summed E-state index contributed by atoms with van der Waals surface area (Å²) in [7, 11) is 1.58. The normalized spacial score (nSPS) is 18.2. The summed E-state index contributed by atoms with van der Waals surface area (Å²) < 4.78 is 0. The number of hydrogen-bond acceptors (Lipinski definition) is 3. The lowest BCUT2D eigenvalue weighted by Gasteiger charge is -2.38. The third-order valence-corrected chi connectivity index (χ3v) is 3.94. The molecule has 1 rings (SSSR count). The fourth-order valence-electron chi connectivity index (χ4n) is 2.65. The van der Waals surface area contributed by atoms with Gasteiger partial charge in [0.05, 0.1) is 12.0 Å². The highest BCUT2D eigenvalue weighted by Gasteiger charge is 2.40. The first-order chi connectivity index (χ1) is 8.59. The Morgan fingerprint density at radius 3 is 2.33 bits per heavy atom. The summed E-state index contributed by atoms with van der Waals surface area (Å²) in [4.78, 5) is 25.6. The third-order valence-electron chi connectivity index (χ3n) is 3.94. The number of nitrogens with one attached hydrogen (secondary N) is 1. The summed E-state index contributed by atoms with van der Waals surface area (Å²) in [6, 6.07) is 0. The lowest BCUT2D eigenvalue weighted by Crippen LogP contribution is -2.51. The highest BCUT2D eigenvalue weighted by molar-refractivity contribution is 5.88. The highest BCUT2D eigenvalue weighted by atomic mass is 16.2. The summed E-state index contributed by atoms with van der Waals surface area (Å²) in [5.74, 6) is -0.0796. The molecule has 0 unspecified atom stereocenters. The molecule has 0 atom stereocenters. The van der Waals surface area contributed by atoms with Crippen molar-refractivity contribution in [3.05, 3.63) is 0 Å². The van der Waals surface area contributed by atoms with E-state index in [1.165, 1.54) is 6.42 Å². The van der Waals surface area contributed by atoms with Gasteiger partial charge in [0.15, 0.2) is 0 Å². The van der Waals surface area contributed by atoms with Crippen LogP contribution in [-0.4, -0.2) is 43.4 Å². The molecular weight excluding hydrogens is 230 g/mol. The average molecular weight is 255 g/mol. The summed E-state index contributed by atoms with van der Waals surface area (Å²) in [5.41, 5.74) is 5.42. The van der Waals surface area contributed by atoms with E-state index in [0.717, 1.165) is 25.7 Å². The van der Waals surface area contributed by atoms with E-state index in [0.29, 0.717) is 13.1 Å². The molecule has 0 saturated heterocycles. The van der Waals surface area contributed by atoms with E-state index in [2.05, 4.69) is 5.32 Å². The van der Waals surface area contributed by atoms with Gasteiger partial charge in [-0.15, -0.1) is 0 Å². The average Bonchev–Trinajstić information content (AvgIpc) is 2.44. The van der Waals surface area contributed by atoms with Crippen molar-refractivity contribution >= 4 is 11.8 Å². The molecule has 18 heavy (non-hydrogen) atoms. The van der Waals surface area contributed by atoms with Crippen molar-refractivity contribution in [1.82, 2.24) is 10.2 Å². The predicted molar refractivity (Wildman–Crippen MR) is 70.9 cm³/mol. The van der Waals surface area contributed by atoms with Gasteiger partial charge in [-0.25, -0.2) is 0 Å². The van der Waals surface area contributed by atoms with Crippen molar-refractivity contribution in [1.29, 1.82) is 0 Å². The van der Waals surface area contributed by atoms with Gasteiger partial charge in [-0.2, -0.15) is 0 Å². The summed E-state index contributed by atoms with van der Waals surface area (Å²) in [6.07, 6.45) is 5.00. The lowest BCUT2D eigenvalue weighted by molar-refractivity contribution is -0.146. The summed E-state index contributed by atoms with van der Waals surface area (Å²) in [5, 5.41) is 2.55. The number of nitrogens with zero attached hydrogens (tertiary/aromatic N) is 1. The maximum absolute atomic E-state index is 12.6. The number of hydrogen-bond donors (Lipinski definition) is 2. The minimum absolute atomic E-state index is 0.0517. The minimum Gasteiger partial charge on any atom is -0.358 e. The van der Waals surface area contributed by atoms with E-state index >= 15 is 0 Å². The molecule has 1 fully saturated rings. The number of likely N-dealkylation sites (N-methyl/N-ethyl adjacent to an activating group) is 2. The molecule has 0 aromatic heterocycles. The Bertz CT molecular complexity index is 299. The van der Waals surface area contributed by atoms with Gasteiger partial charge in [0.2, 0.25) is 11.8 Å². The molecule has 0 radical (unpaired) electrons. The Balaban J connectivity index is 2.76. The minimum atomic E-state index is -0.428. The Morgan fingerprint density at radius 2 is 1.89 bits per heavy atom. The number of carbonyl (C=O) groups excluding carboxylic acids is 2. The van der Waals surface area contributed by atoms with Crippen LogP contribution < -0.4 is 11.1 Å².